The van der Waals surface area contributed by atoms with E-state index in [1.807, 2.05) is 0 Å². The van der Waals surface area contributed by atoms with Crippen LogP contribution in [0.2, 0.25) is 0 Å². The summed E-state index contributed by atoms with van der Waals surface area (Å²) in [5.41, 5.74) is -2.50. The zero-order valence-electron chi connectivity index (χ0n) is 23.3. The molecule has 0 spiro atoms. The van der Waals surface area contributed by atoms with E-state index in [1.165, 1.54) is 0 Å². The lowest BCUT2D eigenvalue weighted by atomic mass is 9.41. The Labute approximate surface area is 230 Å². The van der Waals surface area contributed by atoms with E-state index in [1.54, 1.807) is 20.1 Å². The third-order valence-electron chi connectivity index (χ3n) is 12.0. The number of nitrogens with zero attached hydrogens (tertiary/aromatic N) is 1. The lowest BCUT2D eigenvalue weighted by Crippen LogP contribution is -2.68. The summed E-state index contributed by atoms with van der Waals surface area (Å²) in [6.45, 7) is 4.26. The lowest BCUT2D eigenvalue weighted by molar-refractivity contribution is -0.286. The first-order valence-electron chi connectivity index (χ1n) is 14.8. The number of aliphatic hydroxyl groups excluding tert-OH is 1. The second kappa shape index (κ2) is 9.50. The molecule has 3 N–H and O–H groups in total. The molecule has 6 rings (SSSR count). The van der Waals surface area contributed by atoms with Crippen molar-refractivity contribution < 1.29 is 39.1 Å². The van der Waals surface area contributed by atoms with Gasteiger partial charge in [0.25, 0.3) is 0 Å². The normalized spacial score (nSPS) is 53.2. The number of carbonyl (C=O) groups excluding carboxylic acids is 1. The number of nitriles is 1. The van der Waals surface area contributed by atoms with Gasteiger partial charge in [-0.25, -0.2) is 4.79 Å². The van der Waals surface area contributed by atoms with Gasteiger partial charge in [0.15, 0.2) is 6.29 Å². The molecular formula is C30H43NO8. The van der Waals surface area contributed by atoms with Gasteiger partial charge in [0.1, 0.15) is 12.7 Å². The molecule has 216 valence electrons. The molecule has 12 atom stereocenters. The van der Waals surface area contributed by atoms with Crippen molar-refractivity contribution in [1.29, 1.82) is 5.26 Å². The number of rotatable bonds is 4. The third-order valence-corrected chi connectivity index (χ3v) is 12.0. The quantitative estimate of drug-likeness (QED) is 0.359. The molecule has 2 aliphatic heterocycles. The Balaban J connectivity index is 1.21. The number of ether oxygens (including phenoxy) is 4. The predicted octanol–water partition coefficient (Wildman–Crippen LogP) is 2.76. The lowest BCUT2D eigenvalue weighted by Gasteiger charge is -2.64. The minimum Gasteiger partial charge on any atom is -0.458 e. The van der Waals surface area contributed by atoms with Crippen molar-refractivity contribution >= 4 is 5.97 Å². The Hall–Kier alpha value is -1.54. The van der Waals surface area contributed by atoms with Gasteiger partial charge in [0.2, 0.25) is 0 Å². The summed E-state index contributed by atoms with van der Waals surface area (Å²) in [6.07, 6.45) is 5.21. The molecule has 5 fully saturated rings. The van der Waals surface area contributed by atoms with E-state index in [2.05, 4.69) is 13.0 Å². The highest BCUT2D eigenvalue weighted by molar-refractivity contribution is 5.85. The monoisotopic (exact) mass is 545 g/mol. The van der Waals surface area contributed by atoms with E-state index in [4.69, 9.17) is 18.9 Å². The zero-order chi connectivity index (χ0) is 27.8. The number of hydrogen-bond donors (Lipinski definition) is 3. The van der Waals surface area contributed by atoms with E-state index in [0.29, 0.717) is 51.6 Å². The standard InChI is InChI=1S/C30H43NO8/c1-17-26(33)23(36-3)13-25(38-17)39-19-4-9-28(16-31)21-5-8-27(2)20(18-12-24(32)37-15-18)7-11-30(27,35)22(21)6-10-29(28,34)14-19/h12,17,19-23,25-26,33-35H,4-11,13-15H2,1-3H3/t17-,19-,20+,21+,22+,23+,25+,26-,27-,28+,29-,30+/m1/s1. The molecule has 0 unspecified atom stereocenters. The van der Waals surface area contributed by atoms with Gasteiger partial charge in [-0.15, -0.1) is 0 Å². The first-order valence-corrected chi connectivity index (χ1v) is 14.8. The fourth-order valence-electron chi connectivity index (χ4n) is 9.91. The van der Waals surface area contributed by atoms with Crippen LogP contribution in [0, 0.1) is 39.9 Å². The molecule has 0 amide bonds. The maximum Gasteiger partial charge on any atom is 0.331 e. The summed E-state index contributed by atoms with van der Waals surface area (Å²) >= 11 is 0. The number of cyclic esters (lactones) is 1. The van der Waals surface area contributed by atoms with Crippen LogP contribution in [0.4, 0.5) is 0 Å². The molecular weight excluding hydrogens is 502 g/mol. The Morgan fingerprint density at radius 3 is 2.56 bits per heavy atom. The van der Waals surface area contributed by atoms with Crippen molar-refractivity contribution in [2.24, 2.45) is 28.6 Å². The second-order valence-corrected chi connectivity index (χ2v) is 13.4. The van der Waals surface area contributed by atoms with Crippen LogP contribution in [0.15, 0.2) is 11.6 Å². The average Bonchev–Trinajstić information content (AvgIpc) is 3.45. The van der Waals surface area contributed by atoms with Crippen molar-refractivity contribution in [1.82, 2.24) is 0 Å². The second-order valence-electron chi connectivity index (χ2n) is 13.4. The number of hydrogen-bond acceptors (Lipinski definition) is 9. The summed E-state index contributed by atoms with van der Waals surface area (Å²) in [5, 5.41) is 45.6. The molecule has 4 saturated carbocycles. The molecule has 2 heterocycles. The fraction of sp³-hybridized carbons (Fsp3) is 0.867. The van der Waals surface area contributed by atoms with Crippen LogP contribution in [-0.4, -0.2) is 76.9 Å². The largest absolute Gasteiger partial charge is 0.458 e. The molecule has 0 aromatic heterocycles. The SMILES string of the molecule is CO[C@H]1C[C@H](O[C@@H]2CC[C@]3(C#N)[C@H]4CC[C@]5(C)[C@H](C6=CC(=O)OC6)CC[C@]5(O)[C@H]4CC[C@@]3(O)C2)O[C@H](C)[C@H]1O. The minimum atomic E-state index is -1.21. The molecule has 9 heteroatoms. The number of methoxy groups -OCH3 is 1. The number of carbonyl (C=O) groups is 1. The minimum absolute atomic E-state index is 0.0799. The van der Waals surface area contributed by atoms with Crippen molar-refractivity contribution in [2.45, 2.75) is 120 Å². The van der Waals surface area contributed by atoms with E-state index in [-0.39, 0.29) is 35.9 Å². The highest BCUT2D eigenvalue weighted by Gasteiger charge is 2.72. The van der Waals surface area contributed by atoms with Gasteiger partial charge in [0, 0.05) is 31.4 Å². The molecule has 0 aromatic carbocycles. The van der Waals surface area contributed by atoms with Crippen LogP contribution in [0.5, 0.6) is 0 Å². The van der Waals surface area contributed by atoms with Crippen molar-refractivity contribution in [3.05, 3.63) is 11.6 Å². The maximum absolute atomic E-state index is 12.4. The number of esters is 1. The van der Waals surface area contributed by atoms with E-state index < -0.39 is 40.5 Å². The van der Waals surface area contributed by atoms with Crippen LogP contribution < -0.4 is 0 Å². The Kier molecular flexibility index (Phi) is 6.73. The third kappa shape index (κ3) is 3.89. The van der Waals surface area contributed by atoms with Gasteiger partial charge in [-0.1, -0.05) is 6.92 Å². The van der Waals surface area contributed by atoms with Gasteiger partial charge >= 0.3 is 5.97 Å². The molecule has 0 radical (unpaired) electrons. The molecule has 1 saturated heterocycles. The highest BCUT2D eigenvalue weighted by Crippen LogP contribution is 2.70. The van der Waals surface area contributed by atoms with E-state index in [9.17, 15) is 25.4 Å². The fourth-order valence-corrected chi connectivity index (χ4v) is 9.91. The average molecular weight is 546 g/mol. The van der Waals surface area contributed by atoms with Crippen molar-refractivity contribution in [3.8, 4) is 6.07 Å². The predicted molar refractivity (Wildman–Crippen MR) is 138 cm³/mol. The highest BCUT2D eigenvalue weighted by atomic mass is 16.7. The van der Waals surface area contributed by atoms with Gasteiger partial charge in [-0.3, -0.25) is 0 Å². The van der Waals surface area contributed by atoms with Gasteiger partial charge in [-0.2, -0.15) is 5.26 Å². The summed E-state index contributed by atoms with van der Waals surface area (Å²) in [4.78, 5) is 11.8. The smallest absolute Gasteiger partial charge is 0.331 e. The molecule has 0 bridgehead atoms. The van der Waals surface area contributed by atoms with Gasteiger partial charge in [0.05, 0.1) is 41.0 Å². The first-order chi connectivity index (χ1) is 18.5. The Bertz CT molecular complexity index is 1070. The Morgan fingerprint density at radius 1 is 1.10 bits per heavy atom. The molecule has 6 aliphatic rings. The van der Waals surface area contributed by atoms with Gasteiger partial charge in [-0.05, 0) is 81.6 Å². The summed E-state index contributed by atoms with van der Waals surface area (Å²) < 4.78 is 22.9. The molecule has 9 nitrogen and oxygen atoms in total. The summed E-state index contributed by atoms with van der Waals surface area (Å²) in [6, 6.07) is 2.62. The van der Waals surface area contributed by atoms with Crippen molar-refractivity contribution in [3.63, 3.8) is 0 Å². The Morgan fingerprint density at radius 2 is 1.87 bits per heavy atom. The van der Waals surface area contributed by atoms with E-state index >= 15 is 0 Å². The molecule has 4 aliphatic carbocycles. The zero-order valence-corrected chi connectivity index (χ0v) is 23.3. The topological polar surface area (TPSA) is 138 Å². The first kappa shape index (κ1) is 27.6. The summed E-state index contributed by atoms with van der Waals surface area (Å²) in [5.74, 6) is -0.396. The van der Waals surface area contributed by atoms with Crippen molar-refractivity contribution in [2.75, 3.05) is 13.7 Å². The van der Waals surface area contributed by atoms with Crippen LogP contribution >= 0.6 is 0 Å². The van der Waals surface area contributed by atoms with Gasteiger partial charge < -0.3 is 34.3 Å². The number of aliphatic hydroxyl groups is 3. The molecule has 39 heavy (non-hydrogen) atoms. The van der Waals surface area contributed by atoms with Crippen LogP contribution in [0.1, 0.15) is 78.1 Å². The van der Waals surface area contributed by atoms with Crippen LogP contribution in [0.25, 0.3) is 0 Å². The summed E-state index contributed by atoms with van der Waals surface area (Å²) in [7, 11) is 1.57. The van der Waals surface area contributed by atoms with E-state index in [0.717, 1.165) is 24.8 Å². The maximum atomic E-state index is 12.4. The van der Waals surface area contributed by atoms with Crippen LogP contribution in [-0.2, 0) is 23.7 Å². The molecule has 0 aromatic rings. The van der Waals surface area contributed by atoms with Crippen LogP contribution in [0.3, 0.4) is 0 Å². The number of fused-ring (bicyclic) bond motifs is 5.